The monoisotopic (exact) mass is 620 g/mol. The summed E-state index contributed by atoms with van der Waals surface area (Å²) in [5.74, 6) is 0.942. The molecule has 0 amide bonds. The fraction of sp³-hybridized carbons (Fsp3) is 0.136. The number of benzene rings is 4. The van der Waals surface area contributed by atoms with E-state index in [1.54, 1.807) is 0 Å². The van der Waals surface area contributed by atoms with Crippen LogP contribution in [0.3, 0.4) is 0 Å². The highest BCUT2D eigenvalue weighted by Gasteiger charge is 2.41. The zero-order valence-corrected chi connectivity index (χ0v) is 27.4. The van der Waals surface area contributed by atoms with Crippen molar-refractivity contribution in [2.24, 2.45) is 0 Å². The van der Waals surface area contributed by atoms with Crippen molar-refractivity contribution < 1.29 is 0 Å². The maximum Gasteiger partial charge on any atom is 0.137 e. The van der Waals surface area contributed by atoms with Crippen LogP contribution in [0.4, 0.5) is 0 Å². The summed E-state index contributed by atoms with van der Waals surface area (Å²) in [5.41, 5.74) is 9.97. The van der Waals surface area contributed by atoms with Crippen molar-refractivity contribution >= 4 is 38.8 Å². The smallest absolute Gasteiger partial charge is 0.137 e. The lowest BCUT2D eigenvalue weighted by Gasteiger charge is -2.37. The van der Waals surface area contributed by atoms with Crippen LogP contribution in [0.2, 0.25) is 0 Å². The van der Waals surface area contributed by atoms with Gasteiger partial charge in [0.25, 0.3) is 0 Å². The molecule has 1 aliphatic carbocycles. The van der Waals surface area contributed by atoms with Gasteiger partial charge in [0.05, 0.1) is 22.2 Å². The first-order valence-corrected chi connectivity index (χ1v) is 16.7. The number of hydrogen-bond acceptors (Lipinski definition) is 2. The molecule has 232 valence electrons. The molecule has 4 nitrogen and oxygen atoms in total. The Labute approximate surface area is 280 Å². The van der Waals surface area contributed by atoms with Crippen molar-refractivity contribution in [2.75, 3.05) is 0 Å². The number of hydrogen-bond donors (Lipinski definition) is 0. The number of para-hydroxylation sites is 3. The summed E-state index contributed by atoms with van der Waals surface area (Å²) in [6.45, 7) is 6.78. The van der Waals surface area contributed by atoms with Crippen molar-refractivity contribution in [3.8, 4) is 16.9 Å². The number of nitrogens with zero attached hydrogens (tertiary/aromatic N) is 4. The van der Waals surface area contributed by atoms with E-state index in [2.05, 4.69) is 169 Å². The molecule has 8 aromatic rings. The van der Waals surface area contributed by atoms with Gasteiger partial charge in [0, 0.05) is 46.2 Å². The van der Waals surface area contributed by atoms with E-state index < -0.39 is 5.54 Å². The summed E-state index contributed by atoms with van der Waals surface area (Å²) < 4.78 is 4.93. The van der Waals surface area contributed by atoms with Gasteiger partial charge in [-0.05, 0) is 64.6 Å². The molecule has 48 heavy (non-hydrogen) atoms. The van der Waals surface area contributed by atoms with Crippen LogP contribution in [-0.2, 0) is 17.4 Å². The Balaban J connectivity index is 1.37. The number of rotatable bonds is 4. The molecule has 0 saturated carbocycles. The molecule has 9 rings (SSSR count). The lowest BCUT2D eigenvalue weighted by atomic mass is 9.81. The minimum absolute atomic E-state index is 0.00482. The molecule has 4 aromatic heterocycles. The standard InChI is InChI=1S/C44H36N4/c1-43(2,3)32-23-26-46-42(28-32)47-37-18-10-7-15-33(37)36-21-24-44(29-40(36)47,41-27-31(22-25-45-41)30-13-5-4-6-14-30)48-38-19-11-8-16-34(38)35-17-9-12-20-39(35)48/h4-28H,29H2,1-3H3. The van der Waals surface area contributed by atoms with Crippen LogP contribution in [0.5, 0.6) is 0 Å². The lowest BCUT2D eigenvalue weighted by molar-refractivity contribution is 0.448. The molecule has 4 aromatic carbocycles. The van der Waals surface area contributed by atoms with Crippen molar-refractivity contribution in [1.82, 2.24) is 19.1 Å². The molecule has 1 aliphatic rings. The van der Waals surface area contributed by atoms with Gasteiger partial charge in [-0.15, -0.1) is 0 Å². The summed E-state index contributed by atoms with van der Waals surface area (Å²) in [6.07, 6.45) is 9.37. The normalized spacial score (nSPS) is 16.1. The van der Waals surface area contributed by atoms with Crippen LogP contribution in [0.1, 0.15) is 43.3 Å². The van der Waals surface area contributed by atoms with Gasteiger partial charge < -0.3 is 4.57 Å². The average Bonchev–Trinajstić information content (AvgIpc) is 3.64. The second-order valence-electron chi connectivity index (χ2n) is 14.0. The van der Waals surface area contributed by atoms with Crippen LogP contribution in [0.15, 0.2) is 146 Å². The predicted octanol–water partition coefficient (Wildman–Crippen LogP) is 10.5. The fourth-order valence-electron chi connectivity index (χ4n) is 7.76. The minimum Gasteiger partial charge on any atom is -0.325 e. The van der Waals surface area contributed by atoms with Crippen LogP contribution in [-0.4, -0.2) is 19.1 Å². The Morgan fingerprint density at radius 1 is 0.604 bits per heavy atom. The van der Waals surface area contributed by atoms with E-state index in [0.717, 1.165) is 22.6 Å². The summed E-state index contributed by atoms with van der Waals surface area (Å²) in [4.78, 5) is 10.2. The molecule has 0 radical (unpaired) electrons. The third kappa shape index (κ3) is 4.29. The Hall–Kier alpha value is -5.74. The number of pyridine rings is 2. The topological polar surface area (TPSA) is 35.6 Å². The van der Waals surface area contributed by atoms with Crippen molar-refractivity contribution in [2.45, 2.75) is 38.1 Å². The first kappa shape index (κ1) is 28.5. The number of aromatic nitrogens is 4. The van der Waals surface area contributed by atoms with Crippen LogP contribution in [0, 0.1) is 0 Å². The zero-order chi connectivity index (χ0) is 32.5. The van der Waals surface area contributed by atoms with Crippen LogP contribution < -0.4 is 0 Å². The Morgan fingerprint density at radius 2 is 1.23 bits per heavy atom. The van der Waals surface area contributed by atoms with Crippen LogP contribution >= 0.6 is 0 Å². The molecule has 0 saturated heterocycles. The van der Waals surface area contributed by atoms with E-state index >= 15 is 0 Å². The van der Waals surface area contributed by atoms with Gasteiger partial charge in [-0.3, -0.25) is 9.55 Å². The van der Waals surface area contributed by atoms with Gasteiger partial charge >= 0.3 is 0 Å². The van der Waals surface area contributed by atoms with Gasteiger partial charge in [-0.25, -0.2) is 4.98 Å². The summed E-state index contributed by atoms with van der Waals surface area (Å²) >= 11 is 0. The molecule has 0 N–H and O–H groups in total. The Morgan fingerprint density at radius 3 is 1.94 bits per heavy atom. The van der Waals surface area contributed by atoms with E-state index in [-0.39, 0.29) is 5.41 Å². The van der Waals surface area contributed by atoms with E-state index in [1.165, 1.54) is 49.6 Å². The van der Waals surface area contributed by atoms with Gasteiger partial charge in [0.2, 0.25) is 0 Å². The highest BCUT2D eigenvalue weighted by Crippen LogP contribution is 2.46. The molecular weight excluding hydrogens is 585 g/mol. The molecule has 0 spiro atoms. The Kier molecular flexibility index (Phi) is 6.32. The third-order valence-corrected chi connectivity index (χ3v) is 10.1. The quantitative estimate of drug-likeness (QED) is 0.196. The first-order chi connectivity index (χ1) is 23.4. The van der Waals surface area contributed by atoms with Gasteiger partial charge in [-0.2, -0.15) is 0 Å². The second kappa shape index (κ2) is 10.6. The SMILES string of the molecule is CC(C)(C)c1ccnc(-n2c3c(c4ccccc42)C=CC(c2cc(-c4ccccc4)ccn2)(n2c4ccccc4c4ccccc42)C3)c1. The predicted molar refractivity (Wildman–Crippen MR) is 199 cm³/mol. The largest absolute Gasteiger partial charge is 0.325 e. The van der Waals surface area contributed by atoms with Gasteiger partial charge in [0.1, 0.15) is 11.4 Å². The van der Waals surface area contributed by atoms with E-state index in [9.17, 15) is 0 Å². The second-order valence-corrected chi connectivity index (χ2v) is 14.0. The number of fused-ring (bicyclic) bond motifs is 6. The summed E-state index contributed by atoms with van der Waals surface area (Å²) in [5, 5.41) is 3.71. The molecule has 0 bridgehead atoms. The van der Waals surface area contributed by atoms with E-state index in [0.29, 0.717) is 6.42 Å². The van der Waals surface area contributed by atoms with E-state index in [4.69, 9.17) is 9.97 Å². The molecule has 0 fully saturated rings. The first-order valence-electron chi connectivity index (χ1n) is 16.7. The highest BCUT2D eigenvalue weighted by atomic mass is 15.1. The Bertz CT molecular complexity index is 2470. The number of allylic oxidation sites excluding steroid dienone is 1. The maximum atomic E-state index is 5.21. The molecule has 4 heteroatoms. The molecule has 4 heterocycles. The zero-order valence-electron chi connectivity index (χ0n) is 27.4. The lowest BCUT2D eigenvalue weighted by Crippen LogP contribution is -2.38. The average molecular weight is 621 g/mol. The molecular formula is C44H36N4. The van der Waals surface area contributed by atoms with Crippen molar-refractivity contribution in [1.29, 1.82) is 0 Å². The highest BCUT2D eigenvalue weighted by molar-refractivity contribution is 6.08. The molecule has 1 atom stereocenters. The fourth-order valence-corrected chi connectivity index (χ4v) is 7.76. The van der Waals surface area contributed by atoms with E-state index in [1.807, 2.05) is 12.4 Å². The summed E-state index contributed by atoms with van der Waals surface area (Å²) in [6, 6.07) is 45.7. The molecule has 1 unspecified atom stereocenters. The molecule has 0 aliphatic heterocycles. The minimum atomic E-state index is -0.631. The van der Waals surface area contributed by atoms with Crippen LogP contribution in [0.25, 0.3) is 55.7 Å². The summed E-state index contributed by atoms with van der Waals surface area (Å²) in [7, 11) is 0. The van der Waals surface area contributed by atoms with Crippen molar-refractivity contribution in [3.63, 3.8) is 0 Å². The third-order valence-electron chi connectivity index (χ3n) is 10.1. The van der Waals surface area contributed by atoms with Gasteiger partial charge in [-0.1, -0.05) is 118 Å². The van der Waals surface area contributed by atoms with Crippen molar-refractivity contribution in [3.05, 3.63) is 168 Å². The van der Waals surface area contributed by atoms with Gasteiger partial charge in [0.15, 0.2) is 0 Å². The maximum absolute atomic E-state index is 5.21.